The lowest BCUT2D eigenvalue weighted by atomic mass is 10.2. The first-order chi connectivity index (χ1) is 9.46. The van der Waals surface area contributed by atoms with Crippen LogP contribution in [0.4, 0.5) is 13.2 Å². The number of nitrogens with zero attached hydrogens (tertiary/aromatic N) is 3. The topological polar surface area (TPSA) is 63.7 Å². The van der Waals surface area contributed by atoms with Crippen molar-refractivity contribution in [3.05, 3.63) is 24.0 Å². The summed E-state index contributed by atoms with van der Waals surface area (Å²) in [7, 11) is 0. The fourth-order valence-corrected chi connectivity index (χ4v) is 1.64. The molecule has 1 fully saturated rings. The molecule has 1 saturated heterocycles. The summed E-state index contributed by atoms with van der Waals surface area (Å²) in [4.78, 5) is 9.81. The number of rotatable bonds is 4. The Morgan fingerprint density at radius 2 is 2.20 bits per heavy atom. The molecule has 0 saturated carbocycles. The molecule has 2 N–H and O–H groups in total. The van der Waals surface area contributed by atoms with E-state index in [1.54, 1.807) is 6.07 Å². The molecule has 1 aromatic heterocycles. The number of aliphatic imine (C=N–C) groups is 1. The van der Waals surface area contributed by atoms with E-state index < -0.39 is 12.8 Å². The minimum atomic E-state index is -4.38. The second kappa shape index (κ2) is 5.98. The van der Waals surface area contributed by atoms with Crippen molar-refractivity contribution in [1.29, 1.82) is 0 Å². The summed E-state index contributed by atoms with van der Waals surface area (Å²) in [5, 5.41) is 0. The zero-order valence-corrected chi connectivity index (χ0v) is 10.7. The smallest absolute Gasteiger partial charge is 0.422 e. The van der Waals surface area contributed by atoms with Gasteiger partial charge in [0.25, 0.3) is 0 Å². The van der Waals surface area contributed by atoms with Crippen LogP contribution in [0.15, 0.2) is 23.5 Å². The second-order valence-electron chi connectivity index (χ2n) is 4.40. The van der Waals surface area contributed by atoms with Gasteiger partial charge in [-0.15, -0.1) is 0 Å². The van der Waals surface area contributed by atoms with Gasteiger partial charge in [-0.25, -0.2) is 4.99 Å². The van der Waals surface area contributed by atoms with Crippen LogP contribution in [0.25, 0.3) is 0 Å². The third-order valence-corrected chi connectivity index (χ3v) is 2.85. The Hall–Kier alpha value is -1.99. The number of guanidine groups is 1. The molecule has 110 valence electrons. The normalized spacial score (nSPS) is 15.9. The molecule has 0 spiro atoms. The maximum atomic E-state index is 12.1. The van der Waals surface area contributed by atoms with Crippen LogP contribution in [-0.2, 0) is 6.54 Å². The molecule has 0 aliphatic carbocycles. The van der Waals surface area contributed by atoms with E-state index >= 15 is 0 Å². The molecule has 0 amide bonds. The molecule has 0 unspecified atom stereocenters. The fraction of sp³-hybridized carbons (Fsp3) is 0.500. The molecule has 20 heavy (non-hydrogen) atoms. The number of likely N-dealkylation sites (tertiary alicyclic amines) is 1. The van der Waals surface area contributed by atoms with Crippen molar-refractivity contribution in [3.63, 3.8) is 0 Å². The highest BCUT2D eigenvalue weighted by molar-refractivity contribution is 5.78. The maximum Gasteiger partial charge on any atom is 0.422 e. The van der Waals surface area contributed by atoms with Crippen molar-refractivity contribution in [2.75, 3.05) is 19.7 Å². The highest BCUT2D eigenvalue weighted by Crippen LogP contribution is 2.22. The molecule has 8 heteroatoms. The summed E-state index contributed by atoms with van der Waals surface area (Å²) < 4.78 is 41.2. The summed E-state index contributed by atoms with van der Waals surface area (Å²) in [5.74, 6) is 0.472. The summed E-state index contributed by atoms with van der Waals surface area (Å²) in [5.41, 5.74) is 6.28. The zero-order chi connectivity index (χ0) is 14.6. The van der Waals surface area contributed by atoms with Gasteiger partial charge in [0.15, 0.2) is 12.6 Å². The molecule has 2 rings (SSSR count). The number of alkyl halides is 3. The maximum absolute atomic E-state index is 12.1. The highest BCUT2D eigenvalue weighted by atomic mass is 19.4. The van der Waals surface area contributed by atoms with Gasteiger partial charge in [0.2, 0.25) is 0 Å². The van der Waals surface area contributed by atoms with Crippen LogP contribution in [0.1, 0.15) is 12.0 Å². The Labute approximate surface area is 114 Å². The molecule has 2 heterocycles. The quantitative estimate of drug-likeness (QED) is 0.674. The number of halogens is 3. The van der Waals surface area contributed by atoms with E-state index in [9.17, 15) is 13.2 Å². The van der Waals surface area contributed by atoms with Gasteiger partial charge < -0.3 is 15.4 Å². The molecule has 0 radical (unpaired) electrons. The van der Waals surface area contributed by atoms with Crippen LogP contribution in [0, 0.1) is 0 Å². The lowest BCUT2D eigenvalue weighted by Crippen LogP contribution is -2.46. The van der Waals surface area contributed by atoms with E-state index in [1.807, 2.05) is 4.90 Å². The summed E-state index contributed by atoms with van der Waals surface area (Å²) in [6.07, 6.45) is -0.583. The third kappa shape index (κ3) is 4.01. The van der Waals surface area contributed by atoms with E-state index in [4.69, 9.17) is 10.5 Å². The minimum Gasteiger partial charge on any atom is -0.482 e. The van der Waals surface area contributed by atoms with Gasteiger partial charge in [0.1, 0.15) is 5.75 Å². The van der Waals surface area contributed by atoms with Crippen molar-refractivity contribution in [3.8, 4) is 5.75 Å². The van der Waals surface area contributed by atoms with Gasteiger partial charge in [0, 0.05) is 24.8 Å². The van der Waals surface area contributed by atoms with Crippen LogP contribution in [0.3, 0.4) is 0 Å². The molecule has 1 aliphatic rings. The summed E-state index contributed by atoms with van der Waals surface area (Å²) in [6.45, 7) is 0.543. The summed E-state index contributed by atoms with van der Waals surface area (Å²) >= 11 is 0. The van der Waals surface area contributed by atoms with Gasteiger partial charge >= 0.3 is 6.18 Å². The molecular weight excluding hydrogens is 273 g/mol. The lowest BCUT2D eigenvalue weighted by molar-refractivity contribution is -0.153. The monoisotopic (exact) mass is 288 g/mol. The highest BCUT2D eigenvalue weighted by Gasteiger charge is 2.28. The van der Waals surface area contributed by atoms with Gasteiger partial charge in [-0.1, -0.05) is 0 Å². The number of aromatic nitrogens is 1. The van der Waals surface area contributed by atoms with E-state index in [0.29, 0.717) is 11.5 Å². The number of ether oxygens (including phenoxy) is 1. The molecule has 5 nitrogen and oxygen atoms in total. The van der Waals surface area contributed by atoms with Crippen molar-refractivity contribution in [1.82, 2.24) is 9.88 Å². The number of hydrogen-bond acceptors (Lipinski definition) is 3. The van der Waals surface area contributed by atoms with E-state index in [1.165, 1.54) is 12.4 Å². The molecule has 0 atom stereocenters. The lowest BCUT2D eigenvalue weighted by Gasteiger charge is -2.31. The van der Waals surface area contributed by atoms with Crippen LogP contribution in [0.2, 0.25) is 0 Å². The van der Waals surface area contributed by atoms with Crippen molar-refractivity contribution < 1.29 is 17.9 Å². The Morgan fingerprint density at radius 3 is 2.80 bits per heavy atom. The second-order valence-corrected chi connectivity index (χ2v) is 4.40. The molecular formula is C12H15F3N4O. The Kier molecular flexibility index (Phi) is 4.31. The molecule has 1 aliphatic heterocycles. The number of pyridine rings is 1. The van der Waals surface area contributed by atoms with Crippen LogP contribution >= 0.6 is 0 Å². The van der Waals surface area contributed by atoms with Crippen LogP contribution in [-0.4, -0.2) is 41.7 Å². The summed E-state index contributed by atoms with van der Waals surface area (Å²) in [6, 6.07) is 1.57. The minimum absolute atomic E-state index is 0.0741. The Morgan fingerprint density at radius 1 is 1.45 bits per heavy atom. The predicted molar refractivity (Wildman–Crippen MR) is 67.3 cm³/mol. The van der Waals surface area contributed by atoms with Crippen LogP contribution < -0.4 is 10.5 Å². The Balaban J connectivity index is 2.00. The fourth-order valence-electron chi connectivity index (χ4n) is 1.64. The average molecular weight is 288 g/mol. The first-order valence-corrected chi connectivity index (χ1v) is 6.13. The SMILES string of the molecule is NC(=NCc1ccncc1OCC(F)(F)F)N1CCC1. The third-order valence-electron chi connectivity index (χ3n) is 2.85. The predicted octanol–water partition coefficient (Wildman–Crippen LogP) is 1.54. The van der Waals surface area contributed by atoms with E-state index in [0.717, 1.165) is 19.5 Å². The van der Waals surface area contributed by atoms with E-state index in [-0.39, 0.29) is 12.3 Å². The molecule has 0 aromatic carbocycles. The van der Waals surface area contributed by atoms with Crippen molar-refractivity contribution >= 4 is 5.96 Å². The van der Waals surface area contributed by atoms with Gasteiger partial charge in [0.05, 0.1) is 12.7 Å². The van der Waals surface area contributed by atoms with Crippen molar-refractivity contribution in [2.45, 2.75) is 19.1 Å². The first-order valence-electron chi connectivity index (χ1n) is 6.13. The van der Waals surface area contributed by atoms with Crippen molar-refractivity contribution in [2.24, 2.45) is 10.7 Å². The number of nitrogens with two attached hydrogens (primary N) is 1. The standard InChI is InChI=1S/C12H15F3N4O/c13-12(14,15)8-20-10-7-17-3-2-9(10)6-18-11(16)19-4-1-5-19/h2-3,7H,1,4-6,8H2,(H2,16,18). The van der Waals surface area contributed by atoms with E-state index in [2.05, 4.69) is 9.98 Å². The van der Waals surface area contributed by atoms with Gasteiger partial charge in [-0.05, 0) is 12.5 Å². The zero-order valence-electron chi connectivity index (χ0n) is 10.7. The molecule has 0 bridgehead atoms. The van der Waals surface area contributed by atoms with Crippen LogP contribution in [0.5, 0.6) is 5.75 Å². The largest absolute Gasteiger partial charge is 0.482 e. The van der Waals surface area contributed by atoms with Gasteiger partial charge in [-0.3, -0.25) is 4.98 Å². The number of hydrogen-bond donors (Lipinski definition) is 1. The molecule has 1 aromatic rings. The van der Waals surface area contributed by atoms with Gasteiger partial charge in [-0.2, -0.15) is 13.2 Å². The first kappa shape index (κ1) is 14.4. The average Bonchev–Trinajstić information content (AvgIpc) is 2.31. The Bertz CT molecular complexity index is 486.